The van der Waals surface area contributed by atoms with Crippen LogP contribution in [0.3, 0.4) is 0 Å². The summed E-state index contributed by atoms with van der Waals surface area (Å²) in [6.07, 6.45) is 5.47. The van der Waals surface area contributed by atoms with Gasteiger partial charge in [-0.3, -0.25) is 0 Å². The Bertz CT molecular complexity index is 176. The van der Waals surface area contributed by atoms with E-state index in [-0.39, 0.29) is 0 Å². The first-order chi connectivity index (χ1) is 6.12. The van der Waals surface area contributed by atoms with Gasteiger partial charge in [0.2, 0.25) is 0 Å². The largest absolute Gasteiger partial charge is 0.389 e. The Balaban J connectivity index is 2.21. The monoisotopic (exact) mass is 247 g/mol. The van der Waals surface area contributed by atoms with Gasteiger partial charge in [0.1, 0.15) is 0 Å². The SMILES string of the molecule is C=C(Br)CNCC1(O)CCCCC1. The first-order valence-corrected chi connectivity index (χ1v) is 5.68. The minimum absolute atomic E-state index is 0.458. The van der Waals surface area contributed by atoms with Crippen molar-refractivity contribution in [3.8, 4) is 0 Å². The lowest BCUT2D eigenvalue weighted by Crippen LogP contribution is -2.42. The third kappa shape index (κ3) is 4.25. The molecule has 1 fully saturated rings. The van der Waals surface area contributed by atoms with E-state index in [2.05, 4.69) is 27.8 Å². The van der Waals surface area contributed by atoms with Gasteiger partial charge in [-0.2, -0.15) is 0 Å². The average Bonchev–Trinajstić information content (AvgIpc) is 2.04. The van der Waals surface area contributed by atoms with Crippen LogP contribution in [0.25, 0.3) is 0 Å². The van der Waals surface area contributed by atoms with Crippen molar-refractivity contribution >= 4 is 15.9 Å². The second kappa shape index (κ2) is 5.13. The fourth-order valence-corrected chi connectivity index (χ4v) is 2.02. The quantitative estimate of drug-likeness (QED) is 0.799. The Hall–Kier alpha value is 0.140. The molecule has 0 aromatic rings. The third-order valence-electron chi connectivity index (χ3n) is 2.56. The lowest BCUT2D eigenvalue weighted by Gasteiger charge is -2.32. The number of hydrogen-bond donors (Lipinski definition) is 2. The molecule has 1 aliphatic carbocycles. The Kier molecular flexibility index (Phi) is 4.42. The predicted molar refractivity (Wildman–Crippen MR) is 59.0 cm³/mol. The molecule has 76 valence electrons. The van der Waals surface area contributed by atoms with Crippen LogP contribution in [0, 0.1) is 0 Å². The molecule has 0 heterocycles. The van der Waals surface area contributed by atoms with Crippen molar-refractivity contribution in [2.24, 2.45) is 0 Å². The van der Waals surface area contributed by atoms with Gasteiger partial charge in [0.05, 0.1) is 5.60 Å². The Labute approximate surface area is 88.5 Å². The van der Waals surface area contributed by atoms with E-state index in [9.17, 15) is 5.11 Å². The average molecular weight is 248 g/mol. The fraction of sp³-hybridized carbons (Fsp3) is 0.800. The van der Waals surface area contributed by atoms with Crippen LogP contribution in [-0.2, 0) is 0 Å². The molecule has 0 spiro atoms. The molecule has 1 aliphatic rings. The van der Waals surface area contributed by atoms with Crippen LogP contribution in [0.15, 0.2) is 11.1 Å². The van der Waals surface area contributed by atoms with Crippen molar-refractivity contribution in [1.82, 2.24) is 5.32 Å². The van der Waals surface area contributed by atoms with Gasteiger partial charge in [-0.15, -0.1) is 0 Å². The number of nitrogens with one attached hydrogen (secondary N) is 1. The minimum atomic E-state index is -0.458. The number of rotatable bonds is 4. The van der Waals surface area contributed by atoms with Crippen molar-refractivity contribution in [3.05, 3.63) is 11.1 Å². The highest BCUT2D eigenvalue weighted by Gasteiger charge is 2.28. The van der Waals surface area contributed by atoms with Crippen LogP contribution in [0.5, 0.6) is 0 Å². The molecule has 2 nitrogen and oxygen atoms in total. The van der Waals surface area contributed by atoms with E-state index in [1.807, 2.05) is 0 Å². The van der Waals surface area contributed by atoms with Crippen molar-refractivity contribution in [2.75, 3.05) is 13.1 Å². The van der Waals surface area contributed by atoms with Crippen LogP contribution in [0.4, 0.5) is 0 Å². The van der Waals surface area contributed by atoms with Crippen molar-refractivity contribution in [3.63, 3.8) is 0 Å². The van der Waals surface area contributed by atoms with Gasteiger partial charge in [-0.25, -0.2) is 0 Å². The summed E-state index contributed by atoms with van der Waals surface area (Å²) in [5, 5.41) is 13.3. The van der Waals surface area contributed by atoms with Gasteiger partial charge in [0.25, 0.3) is 0 Å². The number of hydrogen-bond acceptors (Lipinski definition) is 2. The second-order valence-corrected chi connectivity index (χ2v) is 5.03. The Morgan fingerprint density at radius 1 is 1.38 bits per heavy atom. The molecule has 0 radical (unpaired) electrons. The Morgan fingerprint density at radius 2 is 2.00 bits per heavy atom. The molecule has 1 rings (SSSR count). The molecule has 0 aromatic heterocycles. The molecule has 0 amide bonds. The smallest absolute Gasteiger partial charge is 0.0771 e. The molecule has 0 aromatic carbocycles. The molecule has 2 N–H and O–H groups in total. The second-order valence-electron chi connectivity index (χ2n) is 3.91. The summed E-state index contributed by atoms with van der Waals surface area (Å²) in [4.78, 5) is 0. The van der Waals surface area contributed by atoms with E-state index in [1.165, 1.54) is 6.42 Å². The van der Waals surface area contributed by atoms with Crippen LogP contribution >= 0.6 is 15.9 Å². The molecule has 13 heavy (non-hydrogen) atoms. The van der Waals surface area contributed by atoms with E-state index in [1.54, 1.807) is 0 Å². The predicted octanol–water partition coefficient (Wildman–Crippen LogP) is 2.18. The molecular weight excluding hydrogens is 230 g/mol. The maximum absolute atomic E-state index is 10.1. The summed E-state index contributed by atoms with van der Waals surface area (Å²) in [5.74, 6) is 0. The van der Waals surface area contributed by atoms with Gasteiger partial charge in [0, 0.05) is 17.6 Å². The van der Waals surface area contributed by atoms with Crippen molar-refractivity contribution in [2.45, 2.75) is 37.7 Å². The van der Waals surface area contributed by atoms with Gasteiger partial charge in [0.15, 0.2) is 0 Å². The summed E-state index contributed by atoms with van der Waals surface area (Å²) in [5.41, 5.74) is -0.458. The Morgan fingerprint density at radius 3 is 2.54 bits per heavy atom. The fourth-order valence-electron chi connectivity index (χ4n) is 1.82. The van der Waals surface area contributed by atoms with Crippen LogP contribution in [0.1, 0.15) is 32.1 Å². The zero-order valence-corrected chi connectivity index (χ0v) is 9.57. The topological polar surface area (TPSA) is 32.3 Å². The number of halogens is 1. The summed E-state index contributed by atoms with van der Waals surface area (Å²) in [6.45, 7) is 5.16. The highest BCUT2D eigenvalue weighted by molar-refractivity contribution is 9.11. The minimum Gasteiger partial charge on any atom is -0.389 e. The zero-order valence-electron chi connectivity index (χ0n) is 7.98. The van der Waals surface area contributed by atoms with Crippen LogP contribution < -0.4 is 5.32 Å². The van der Waals surface area contributed by atoms with E-state index >= 15 is 0 Å². The summed E-state index contributed by atoms with van der Waals surface area (Å²) in [7, 11) is 0. The molecule has 0 unspecified atom stereocenters. The van der Waals surface area contributed by atoms with Crippen LogP contribution in [0.2, 0.25) is 0 Å². The van der Waals surface area contributed by atoms with Crippen molar-refractivity contribution < 1.29 is 5.11 Å². The van der Waals surface area contributed by atoms with Gasteiger partial charge in [-0.1, -0.05) is 41.8 Å². The summed E-state index contributed by atoms with van der Waals surface area (Å²) < 4.78 is 0.937. The first kappa shape index (κ1) is 11.2. The van der Waals surface area contributed by atoms with E-state index < -0.39 is 5.60 Å². The third-order valence-corrected chi connectivity index (χ3v) is 2.84. The van der Waals surface area contributed by atoms with E-state index in [0.717, 1.165) is 36.7 Å². The molecule has 0 atom stereocenters. The standard InChI is InChI=1S/C10H18BrNO/c1-9(11)7-12-8-10(13)5-3-2-4-6-10/h12-13H,1-8H2. The molecule has 0 bridgehead atoms. The maximum Gasteiger partial charge on any atom is 0.0771 e. The maximum atomic E-state index is 10.1. The van der Waals surface area contributed by atoms with Crippen LogP contribution in [-0.4, -0.2) is 23.8 Å². The molecular formula is C10H18BrNO. The van der Waals surface area contributed by atoms with E-state index in [0.29, 0.717) is 6.54 Å². The van der Waals surface area contributed by atoms with Gasteiger partial charge >= 0.3 is 0 Å². The molecule has 3 heteroatoms. The lowest BCUT2D eigenvalue weighted by atomic mass is 9.85. The van der Waals surface area contributed by atoms with Gasteiger partial charge < -0.3 is 10.4 Å². The van der Waals surface area contributed by atoms with E-state index in [4.69, 9.17) is 0 Å². The highest BCUT2D eigenvalue weighted by atomic mass is 79.9. The summed E-state index contributed by atoms with van der Waals surface area (Å²) >= 11 is 3.28. The molecule has 0 aliphatic heterocycles. The lowest BCUT2D eigenvalue weighted by molar-refractivity contribution is 0.00572. The summed E-state index contributed by atoms with van der Waals surface area (Å²) in [6, 6.07) is 0. The first-order valence-electron chi connectivity index (χ1n) is 4.89. The van der Waals surface area contributed by atoms with Gasteiger partial charge in [-0.05, 0) is 12.8 Å². The number of aliphatic hydroxyl groups is 1. The molecule has 0 saturated heterocycles. The highest BCUT2D eigenvalue weighted by Crippen LogP contribution is 2.27. The zero-order chi connectivity index (χ0) is 9.73. The molecule has 1 saturated carbocycles. The van der Waals surface area contributed by atoms with Crippen molar-refractivity contribution in [1.29, 1.82) is 0 Å². The normalized spacial score (nSPS) is 21.4.